The molecule has 2 aromatic carbocycles. The van der Waals surface area contributed by atoms with Gasteiger partial charge in [-0.25, -0.2) is 9.78 Å². The third-order valence-electron chi connectivity index (χ3n) is 6.56. The average molecular weight is 485 g/mol. The second-order valence-corrected chi connectivity index (χ2v) is 9.35. The summed E-state index contributed by atoms with van der Waals surface area (Å²) in [5, 5.41) is 0.690. The normalized spacial score (nSPS) is 12.1. The molecule has 0 bridgehead atoms. The van der Waals surface area contributed by atoms with E-state index in [-0.39, 0.29) is 18.4 Å². The fourth-order valence-corrected chi connectivity index (χ4v) is 4.92. The van der Waals surface area contributed by atoms with Crippen LogP contribution in [0.15, 0.2) is 54.6 Å². The van der Waals surface area contributed by atoms with Gasteiger partial charge < -0.3 is 14.0 Å². The molecule has 6 nitrogen and oxygen atoms in total. The van der Waals surface area contributed by atoms with Gasteiger partial charge >= 0.3 is 5.97 Å². The summed E-state index contributed by atoms with van der Waals surface area (Å²) in [5.41, 5.74) is 7.32. The summed E-state index contributed by atoms with van der Waals surface area (Å²) in [7, 11) is 1.66. The van der Waals surface area contributed by atoms with Gasteiger partial charge in [-0.3, -0.25) is 4.79 Å². The van der Waals surface area contributed by atoms with Crippen molar-refractivity contribution >= 4 is 22.7 Å². The number of fused-ring (bicyclic) bond motifs is 1. The van der Waals surface area contributed by atoms with Gasteiger partial charge in [-0.15, -0.1) is 0 Å². The SMILES string of the molecule is COC[C@H](C)n1c(C)cc(C(=O)COC(=O)c2cc(-c3ccc(C)cc3C)nc3ccccc23)c1C. The maximum Gasteiger partial charge on any atom is 0.339 e. The number of para-hydroxylation sites is 1. The number of nitrogens with zero attached hydrogens (tertiary/aromatic N) is 2. The number of carbonyl (C=O) groups is 2. The van der Waals surface area contributed by atoms with Crippen LogP contribution >= 0.6 is 0 Å². The zero-order valence-electron chi connectivity index (χ0n) is 21.7. The number of aromatic nitrogens is 2. The number of hydrogen-bond donors (Lipinski definition) is 0. The van der Waals surface area contributed by atoms with Gasteiger partial charge in [0.15, 0.2) is 6.61 Å². The Labute approximate surface area is 211 Å². The monoisotopic (exact) mass is 484 g/mol. The highest BCUT2D eigenvalue weighted by molar-refractivity contribution is 6.06. The van der Waals surface area contributed by atoms with E-state index in [0.29, 0.717) is 34.3 Å². The predicted molar refractivity (Wildman–Crippen MR) is 142 cm³/mol. The van der Waals surface area contributed by atoms with E-state index in [1.165, 1.54) is 0 Å². The summed E-state index contributed by atoms with van der Waals surface area (Å²) in [4.78, 5) is 31.1. The molecule has 0 fully saturated rings. The number of hydrogen-bond acceptors (Lipinski definition) is 5. The first-order valence-corrected chi connectivity index (χ1v) is 12.1. The van der Waals surface area contributed by atoms with Gasteiger partial charge in [-0.2, -0.15) is 0 Å². The smallest absolute Gasteiger partial charge is 0.339 e. The number of ether oxygens (including phenoxy) is 2. The summed E-state index contributed by atoms with van der Waals surface area (Å²) in [5.74, 6) is -0.783. The molecule has 4 rings (SSSR count). The van der Waals surface area contributed by atoms with Crippen molar-refractivity contribution in [3.05, 3.63) is 88.2 Å². The molecular weight excluding hydrogens is 452 g/mol. The Kier molecular flexibility index (Phi) is 7.36. The van der Waals surface area contributed by atoms with Crippen LogP contribution in [0.4, 0.5) is 0 Å². The Morgan fingerprint density at radius 3 is 2.44 bits per heavy atom. The highest BCUT2D eigenvalue weighted by Crippen LogP contribution is 2.28. The number of Topliss-reactive ketones (excluding diaryl/α,β-unsaturated/α-hetero) is 1. The van der Waals surface area contributed by atoms with Crippen LogP contribution in [0.2, 0.25) is 0 Å². The van der Waals surface area contributed by atoms with E-state index in [9.17, 15) is 9.59 Å². The summed E-state index contributed by atoms with van der Waals surface area (Å²) in [6.07, 6.45) is 0. The first kappa shape index (κ1) is 25.3. The molecule has 0 aliphatic rings. The molecule has 0 aliphatic carbocycles. The fourth-order valence-electron chi connectivity index (χ4n) is 4.92. The maximum atomic E-state index is 13.2. The summed E-state index contributed by atoms with van der Waals surface area (Å²) in [6, 6.07) is 17.3. The molecule has 4 aromatic rings. The Morgan fingerprint density at radius 2 is 1.72 bits per heavy atom. The van der Waals surface area contributed by atoms with E-state index in [1.54, 1.807) is 13.2 Å². The van der Waals surface area contributed by atoms with Crippen LogP contribution in [0.25, 0.3) is 22.2 Å². The van der Waals surface area contributed by atoms with Crippen LogP contribution in [0.1, 0.15) is 56.2 Å². The first-order valence-electron chi connectivity index (χ1n) is 12.1. The zero-order chi connectivity index (χ0) is 26.0. The van der Waals surface area contributed by atoms with E-state index in [2.05, 4.69) is 10.6 Å². The van der Waals surface area contributed by atoms with Crippen molar-refractivity contribution in [1.82, 2.24) is 9.55 Å². The van der Waals surface area contributed by atoms with E-state index < -0.39 is 5.97 Å². The quantitative estimate of drug-likeness (QED) is 0.220. The summed E-state index contributed by atoms with van der Waals surface area (Å²) in [6.45, 7) is 10.2. The number of rotatable bonds is 8. The highest BCUT2D eigenvalue weighted by Gasteiger charge is 2.21. The van der Waals surface area contributed by atoms with E-state index in [0.717, 1.165) is 28.1 Å². The first-order chi connectivity index (χ1) is 17.2. The molecular formula is C30H32N2O4. The van der Waals surface area contributed by atoms with Gasteiger partial charge in [0.25, 0.3) is 0 Å². The predicted octanol–water partition coefficient (Wildman–Crippen LogP) is 6.18. The van der Waals surface area contributed by atoms with Crippen LogP contribution < -0.4 is 0 Å². The molecule has 186 valence electrons. The van der Waals surface area contributed by atoms with Crippen LogP contribution in [0.3, 0.4) is 0 Å². The van der Waals surface area contributed by atoms with Crippen LogP contribution in [0, 0.1) is 27.7 Å². The number of aryl methyl sites for hydroxylation is 3. The van der Waals surface area contributed by atoms with Crippen molar-refractivity contribution in [2.24, 2.45) is 0 Å². The second kappa shape index (κ2) is 10.5. The molecule has 1 atom stereocenters. The lowest BCUT2D eigenvalue weighted by molar-refractivity contribution is 0.0476. The number of pyridine rings is 1. The Bertz CT molecular complexity index is 1450. The van der Waals surface area contributed by atoms with E-state index >= 15 is 0 Å². The standard InChI is InChI=1S/C30H32N2O4/c1-18-11-12-23(19(2)13-18)28-15-26(24-9-7-8-10-27(24)31-28)30(34)36-17-29(33)25-14-20(3)32(22(25)5)21(4)16-35-6/h7-15,21H,16-17H2,1-6H3/t21-/m0/s1. The Balaban J connectivity index is 1.62. The lowest BCUT2D eigenvalue weighted by atomic mass is 9.99. The molecule has 6 heteroatoms. The fraction of sp³-hybridized carbons (Fsp3) is 0.300. The molecule has 36 heavy (non-hydrogen) atoms. The van der Waals surface area contributed by atoms with Gasteiger partial charge in [-0.1, -0.05) is 42.0 Å². The van der Waals surface area contributed by atoms with Crippen molar-refractivity contribution in [2.45, 2.75) is 40.7 Å². The minimum atomic E-state index is -0.547. The van der Waals surface area contributed by atoms with Gasteiger partial charge in [0, 0.05) is 35.0 Å². The zero-order valence-corrected chi connectivity index (χ0v) is 21.7. The van der Waals surface area contributed by atoms with Crippen molar-refractivity contribution in [1.29, 1.82) is 0 Å². The number of benzene rings is 2. The lowest BCUT2D eigenvalue weighted by Gasteiger charge is -2.17. The topological polar surface area (TPSA) is 70.4 Å². The van der Waals surface area contributed by atoms with Crippen LogP contribution in [0.5, 0.6) is 0 Å². The molecule has 0 amide bonds. The lowest BCUT2D eigenvalue weighted by Crippen LogP contribution is -2.17. The number of esters is 1. The van der Waals surface area contributed by atoms with Gasteiger partial charge in [-0.05, 0) is 58.4 Å². The van der Waals surface area contributed by atoms with E-state index in [1.807, 2.05) is 77.1 Å². The molecule has 2 aromatic heterocycles. The van der Waals surface area contributed by atoms with Crippen LogP contribution in [-0.4, -0.2) is 41.6 Å². The van der Waals surface area contributed by atoms with E-state index in [4.69, 9.17) is 14.5 Å². The summed E-state index contributed by atoms with van der Waals surface area (Å²) >= 11 is 0. The molecule has 0 radical (unpaired) electrons. The second-order valence-electron chi connectivity index (χ2n) is 9.35. The third kappa shape index (κ3) is 4.95. The molecule has 0 unspecified atom stereocenters. The minimum Gasteiger partial charge on any atom is -0.454 e. The average Bonchev–Trinajstić information content (AvgIpc) is 3.15. The maximum absolute atomic E-state index is 13.2. The number of ketones is 1. The van der Waals surface area contributed by atoms with Crippen molar-refractivity contribution in [3.63, 3.8) is 0 Å². The number of carbonyl (C=O) groups excluding carboxylic acids is 2. The van der Waals surface area contributed by atoms with Gasteiger partial charge in [0.1, 0.15) is 0 Å². The van der Waals surface area contributed by atoms with Gasteiger partial charge in [0.05, 0.1) is 29.4 Å². The summed E-state index contributed by atoms with van der Waals surface area (Å²) < 4.78 is 12.9. The molecule has 0 N–H and O–H groups in total. The van der Waals surface area contributed by atoms with Gasteiger partial charge in [0.2, 0.25) is 5.78 Å². The molecule has 0 aliphatic heterocycles. The molecule has 2 heterocycles. The van der Waals surface area contributed by atoms with Crippen LogP contribution in [-0.2, 0) is 9.47 Å². The largest absolute Gasteiger partial charge is 0.454 e. The molecule has 0 saturated heterocycles. The number of methoxy groups -OCH3 is 1. The highest BCUT2D eigenvalue weighted by atomic mass is 16.5. The Hall–Kier alpha value is -3.77. The Morgan fingerprint density at radius 1 is 0.972 bits per heavy atom. The minimum absolute atomic E-state index is 0.0888. The van der Waals surface area contributed by atoms with Crippen molar-refractivity contribution in [2.75, 3.05) is 20.3 Å². The molecule has 0 saturated carbocycles. The van der Waals surface area contributed by atoms with Crippen molar-refractivity contribution < 1.29 is 19.1 Å². The third-order valence-corrected chi connectivity index (χ3v) is 6.56. The molecule has 0 spiro atoms. The van der Waals surface area contributed by atoms with Crippen molar-refractivity contribution in [3.8, 4) is 11.3 Å².